The summed E-state index contributed by atoms with van der Waals surface area (Å²) in [5.74, 6) is 1.22. The molecule has 2 heterocycles. The summed E-state index contributed by atoms with van der Waals surface area (Å²) in [5.41, 5.74) is 4.90. The lowest BCUT2D eigenvalue weighted by molar-refractivity contribution is -0.129. The third kappa shape index (κ3) is 4.06. The van der Waals surface area contributed by atoms with E-state index in [2.05, 4.69) is 52.4 Å². The second-order valence-corrected chi connectivity index (χ2v) is 7.58. The average Bonchev–Trinajstić information content (AvgIpc) is 3.21. The van der Waals surface area contributed by atoms with Crippen molar-refractivity contribution in [2.45, 2.75) is 31.5 Å². The van der Waals surface area contributed by atoms with Gasteiger partial charge in [-0.2, -0.15) is 0 Å². The van der Waals surface area contributed by atoms with Crippen LogP contribution in [0.3, 0.4) is 0 Å². The van der Waals surface area contributed by atoms with Gasteiger partial charge in [-0.05, 0) is 29.5 Å². The number of nitrogens with zero attached hydrogens (tertiary/aromatic N) is 3. The van der Waals surface area contributed by atoms with Gasteiger partial charge in [0.15, 0.2) is 5.82 Å². The van der Waals surface area contributed by atoms with Gasteiger partial charge in [-0.15, -0.1) is 5.10 Å². The minimum Gasteiger partial charge on any atom is -0.337 e. The number of hydrogen-bond donors (Lipinski definition) is 1. The number of thioether (sulfide) groups is 1. The largest absolute Gasteiger partial charge is 0.337 e. The van der Waals surface area contributed by atoms with Crippen molar-refractivity contribution >= 4 is 17.7 Å². The van der Waals surface area contributed by atoms with Crippen LogP contribution < -0.4 is 0 Å². The Balaban J connectivity index is 1.35. The van der Waals surface area contributed by atoms with Crippen LogP contribution in [-0.4, -0.2) is 38.3 Å². The topological polar surface area (TPSA) is 61.9 Å². The first kappa shape index (κ1) is 17.8. The molecule has 3 aromatic rings. The van der Waals surface area contributed by atoms with Crippen LogP contribution in [0.1, 0.15) is 23.6 Å². The van der Waals surface area contributed by atoms with Crippen LogP contribution in [0.4, 0.5) is 0 Å². The van der Waals surface area contributed by atoms with Crippen LogP contribution in [0.5, 0.6) is 0 Å². The van der Waals surface area contributed by atoms with Crippen molar-refractivity contribution in [2.75, 3.05) is 12.3 Å². The highest BCUT2D eigenvalue weighted by molar-refractivity contribution is 7.99. The summed E-state index contributed by atoms with van der Waals surface area (Å²) < 4.78 is 0. The Labute approximate surface area is 163 Å². The fraction of sp³-hybridized carbons (Fsp3) is 0.286. The minimum atomic E-state index is 0.133. The summed E-state index contributed by atoms with van der Waals surface area (Å²) in [6.07, 6.45) is 1.94. The second kappa shape index (κ2) is 7.96. The molecule has 1 amide bonds. The number of amides is 1. The number of rotatable bonds is 5. The van der Waals surface area contributed by atoms with E-state index in [-0.39, 0.29) is 5.91 Å². The lowest BCUT2D eigenvalue weighted by Gasteiger charge is -2.28. The lowest BCUT2D eigenvalue weighted by Crippen LogP contribution is -2.37. The molecule has 0 spiro atoms. The van der Waals surface area contributed by atoms with Gasteiger partial charge >= 0.3 is 0 Å². The number of hydrogen-bond acceptors (Lipinski definition) is 4. The van der Waals surface area contributed by atoms with Crippen LogP contribution in [0.2, 0.25) is 0 Å². The van der Waals surface area contributed by atoms with E-state index in [9.17, 15) is 4.79 Å². The fourth-order valence-electron chi connectivity index (χ4n) is 3.26. The quantitative estimate of drug-likeness (QED) is 0.688. The normalized spacial score (nSPS) is 13.4. The Hall–Kier alpha value is -2.60. The highest BCUT2D eigenvalue weighted by atomic mass is 32.2. The zero-order valence-corrected chi connectivity index (χ0v) is 16.1. The van der Waals surface area contributed by atoms with Gasteiger partial charge in [0.2, 0.25) is 11.1 Å². The van der Waals surface area contributed by atoms with Gasteiger partial charge in [-0.1, -0.05) is 67.2 Å². The Kier molecular flexibility index (Phi) is 5.25. The zero-order chi connectivity index (χ0) is 18.6. The van der Waals surface area contributed by atoms with Crippen LogP contribution in [0.15, 0.2) is 53.7 Å². The Morgan fingerprint density at radius 2 is 1.93 bits per heavy atom. The molecule has 2 aromatic carbocycles. The lowest BCUT2D eigenvalue weighted by atomic mass is 10.00. The Bertz CT molecular complexity index is 935. The maximum atomic E-state index is 12.6. The second-order valence-electron chi connectivity index (χ2n) is 6.64. The number of benzene rings is 2. The van der Waals surface area contributed by atoms with Crippen LogP contribution in [0, 0.1) is 0 Å². The summed E-state index contributed by atoms with van der Waals surface area (Å²) >= 11 is 1.38. The third-order valence-corrected chi connectivity index (χ3v) is 5.74. The smallest absolute Gasteiger partial charge is 0.233 e. The molecule has 0 atom stereocenters. The highest BCUT2D eigenvalue weighted by Gasteiger charge is 2.20. The van der Waals surface area contributed by atoms with E-state index in [4.69, 9.17) is 0 Å². The van der Waals surface area contributed by atoms with Gasteiger partial charge in [0.05, 0.1) is 5.75 Å². The number of carbonyl (C=O) groups is 1. The van der Waals surface area contributed by atoms with Crippen molar-refractivity contribution < 1.29 is 4.79 Å². The molecule has 1 N–H and O–H groups in total. The predicted octanol–water partition coefficient (Wildman–Crippen LogP) is 3.71. The maximum absolute atomic E-state index is 12.6. The monoisotopic (exact) mass is 378 g/mol. The molecule has 4 rings (SSSR count). The fourth-order valence-corrected chi connectivity index (χ4v) is 3.97. The third-order valence-electron chi connectivity index (χ3n) is 4.91. The van der Waals surface area contributed by atoms with Gasteiger partial charge in [-0.25, -0.2) is 4.98 Å². The molecule has 138 valence electrons. The molecule has 0 bridgehead atoms. The molecular formula is C21H22N4OS. The number of aromatic nitrogens is 3. The molecule has 0 aliphatic carbocycles. The molecule has 27 heavy (non-hydrogen) atoms. The molecule has 0 radical (unpaired) electrons. The van der Waals surface area contributed by atoms with E-state index in [1.54, 1.807) is 0 Å². The van der Waals surface area contributed by atoms with E-state index in [1.165, 1.54) is 28.5 Å². The Morgan fingerprint density at radius 1 is 1.15 bits per heavy atom. The van der Waals surface area contributed by atoms with E-state index in [0.29, 0.717) is 17.5 Å². The molecule has 0 unspecified atom stereocenters. The van der Waals surface area contributed by atoms with Crippen molar-refractivity contribution in [1.29, 1.82) is 0 Å². The van der Waals surface area contributed by atoms with Crippen molar-refractivity contribution in [3.8, 4) is 11.4 Å². The van der Waals surface area contributed by atoms with Crippen molar-refractivity contribution in [3.05, 3.63) is 65.2 Å². The first-order valence-corrected chi connectivity index (χ1v) is 10.2. The summed E-state index contributed by atoms with van der Waals surface area (Å²) in [5, 5.41) is 7.82. The van der Waals surface area contributed by atoms with Crippen molar-refractivity contribution in [3.63, 3.8) is 0 Å². The SMILES string of the molecule is CCc1ccc(-c2nc(SCC(=O)N3CCc4ccccc4C3)n[nH]2)cc1. The summed E-state index contributed by atoms with van der Waals surface area (Å²) in [7, 11) is 0. The van der Waals surface area contributed by atoms with Crippen molar-refractivity contribution in [2.24, 2.45) is 0 Å². The Morgan fingerprint density at radius 3 is 2.70 bits per heavy atom. The van der Waals surface area contributed by atoms with Gasteiger partial charge in [0.25, 0.3) is 0 Å². The van der Waals surface area contributed by atoms with Crippen molar-refractivity contribution in [1.82, 2.24) is 20.1 Å². The van der Waals surface area contributed by atoms with E-state index >= 15 is 0 Å². The molecule has 1 aliphatic rings. The van der Waals surface area contributed by atoms with Gasteiger partial charge in [0.1, 0.15) is 0 Å². The highest BCUT2D eigenvalue weighted by Crippen LogP contribution is 2.22. The van der Waals surface area contributed by atoms with Crippen LogP contribution in [0.25, 0.3) is 11.4 Å². The molecular weight excluding hydrogens is 356 g/mol. The number of fused-ring (bicyclic) bond motifs is 1. The van der Waals surface area contributed by atoms with Gasteiger partial charge < -0.3 is 4.90 Å². The minimum absolute atomic E-state index is 0.133. The summed E-state index contributed by atoms with van der Waals surface area (Å²) in [4.78, 5) is 19.0. The molecule has 1 aliphatic heterocycles. The van der Waals surface area contributed by atoms with Gasteiger partial charge in [0, 0.05) is 18.7 Å². The summed E-state index contributed by atoms with van der Waals surface area (Å²) in [6.45, 7) is 3.61. The predicted molar refractivity (Wildman–Crippen MR) is 107 cm³/mol. The van der Waals surface area contributed by atoms with E-state index in [1.807, 2.05) is 23.1 Å². The molecule has 6 heteroatoms. The number of H-pyrrole nitrogens is 1. The number of nitrogens with one attached hydrogen (secondary N) is 1. The molecule has 1 aromatic heterocycles. The number of aryl methyl sites for hydroxylation is 1. The average molecular weight is 379 g/mol. The molecule has 0 saturated heterocycles. The number of carbonyl (C=O) groups excluding carboxylic acids is 1. The number of aromatic amines is 1. The van der Waals surface area contributed by atoms with Gasteiger partial charge in [-0.3, -0.25) is 9.89 Å². The van der Waals surface area contributed by atoms with Crippen LogP contribution >= 0.6 is 11.8 Å². The molecule has 0 fully saturated rings. The van der Waals surface area contributed by atoms with E-state index < -0.39 is 0 Å². The zero-order valence-electron chi connectivity index (χ0n) is 15.3. The first-order valence-electron chi connectivity index (χ1n) is 9.22. The van der Waals surface area contributed by atoms with E-state index in [0.717, 1.165) is 30.8 Å². The van der Waals surface area contributed by atoms with Crippen LogP contribution in [-0.2, 0) is 24.2 Å². The molecule has 5 nitrogen and oxygen atoms in total. The first-order chi connectivity index (χ1) is 13.2. The standard InChI is InChI=1S/C21H22N4OS/c1-2-15-7-9-17(10-8-15)20-22-21(24-23-20)27-14-19(26)25-12-11-16-5-3-4-6-18(16)13-25/h3-10H,2,11-14H2,1H3,(H,22,23,24). The molecule has 0 saturated carbocycles. The summed E-state index contributed by atoms with van der Waals surface area (Å²) in [6, 6.07) is 16.6. The maximum Gasteiger partial charge on any atom is 0.233 e.